The van der Waals surface area contributed by atoms with Gasteiger partial charge in [-0.2, -0.15) is 0 Å². The van der Waals surface area contributed by atoms with Crippen LogP contribution in [-0.4, -0.2) is 45.8 Å². The number of ether oxygens (including phenoxy) is 1. The highest BCUT2D eigenvalue weighted by Crippen LogP contribution is 2.60. The van der Waals surface area contributed by atoms with Gasteiger partial charge >= 0.3 is 0 Å². The summed E-state index contributed by atoms with van der Waals surface area (Å²) in [6, 6.07) is 0. The minimum absolute atomic E-state index is 0.277. The number of hydrogen-bond acceptors (Lipinski definition) is 4. The first-order valence-corrected chi connectivity index (χ1v) is 12.4. The van der Waals surface area contributed by atoms with Crippen molar-refractivity contribution < 1.29 is 20.1 Å². The van der Waals surface area contributed by atoms with Crippen molar-refractivity contribution in [3.63, 3.8) is 0 Å². The van der Waals surface area contributed by atoms with Crippen molar-refractivity contribution in [2.24, 2.45) is 23.2 Å². The van der Waals surface area contributed by atoms with Gasteiger partial charge in [0.25, 0.3) is 0 Å². The lowest BCUT2D eigenvalue weighted by atomic mass is 9.62. The van der Waals surface area contributed by atoms with E-state index >= 15 is 0 Å². The molecule has 0 unspecified atom stereocenters. The van der Waals surface area contributed by atoms with Gasteiger partial charge in [0.05, 0.1) is 23.9 Å². The Labute approximate surface area is 188 Å². The number of allylic oxidation sites excluding steroid dienone is 3. The Morgan fingerprint density at radius 3 is 2.71 bits per heavy atom. The van der Waals surface area contributed by atoms with Crippen molar-refractivity contribution in [2.45, 2.75) is 102 Å². The molecule has 31 heavy (non-hydrogen) atoms. The molecule has 174 valence electrons. The maximum Gasteiger partial charge on any atom is 0.0811 e. The lowest BCUT2D eigenvalue weighted by Gasteiger charge is -2.44. The fourth-order valence-electron chi connectivity index (χ4n) is 7.21. The van der Waals surface area contributed by atoms with Gasteiger partial charge in [-0.1, -0.05) is 31.2 Å². The van der Waals surface area contributed by atoms with Gasteiger partial charge in [0.2, 0.25) is 0 Å². The number of aliphatic hydroxyl groups excluding tert-OH is 2. The van der Waals surface area contributed by atoms with Crippen LogP contribution in [0, 0.1) is 23.2 Å². The van der Waals surface area contributed by atoms with Crippen LogP contribution in [0.25, 0.3) is 0 Å². The van der Waals surface area contributed by atoms with Crippen molar-refractivity contribution in [1.82, 2.24) is 0 Å². The van der Waals surface area contributed by atoms with Gasteiger partial charge in [-0.3, -0.25) is 0 Å². The van der Waals surface area contributed by atoms with Crippen molar-refractivity contribution in [1.29, 1.82) is 0 Å². The number of fused-ring (bicyclic) bond motifs is 1. The monoisotopic (exact) mass is 430 g/mol. The predicted molar refractivity (Wildman–Crippen MR) is 123 cm³/mol. The van der Waals surface area contributed by atoms with E-state index in [0.717, 1.165) is 37.0 Å². The number of hydrogen-bond donors (Lipinski definition) is 3. The first-order valence-electron chi connectivity index (χ1n) is 12.4. The average Bonchev–Trinajstić information content (AvgIpc) is 3.25. The van der Waals surface area contributed by atoms with Gasteiger partial charge in [-0.25, -0.2) is 0 Å². The van der Waals surface area contributed by atoms with Crippen LogP contribution in [0.2, 0.25) is 0 Å². The van der Waals surface area contributed by atoms with Crippen molar-refractivity contribution >= 4 is 0 Å². The molecule has 4 rings (SSSR count). The molecule has 0 spiro atoms. The van der Waals surface area contributed by atoms with E-state index in [0.29, 0.717) is 36.7 Å². The molecule has 4 heteroatoms. The van der Waals surface area contributed by atoms with Crippen molar-refractivity contribution in [3.05, 3.63) is 35.5 Å². The van der Waals surface area contributed by atoms with Crippen LogP contribution in [0.5, 0.6) is 0 Å². The Balaban J connectivity index is 1.47. The van der Waals surface area contributed by atoms with E-state index in [-0.39, 0.29) is 5.41 Å². The third-order valence-electron chi connectivity index (χ3n) is 8.65. The van der Waals surface area contributed by atoms with Crippen LogP contribution in [0.4, 0.5) is 0 Å². The minimum Gasteiger partial charge on any atom is -0.393 e. The summed E-state index contributed by atoms with van der Waals surface area (Å²) in [4.78, 5) is 0. The molecule has 0 aromatic carbocycles. The molecule has 3 saturated carbocycles. The molecular formula is C27H42O4. The molecule has 0 bridgehead atoms. The van der Waals surface area contributed by atoms with E-state index in [1.807, 2.05) is 13.8 Å². The zero-order valence-corrected chi connectivity index (χ0v) is 19.6. The molecule has 0 amide bonds. The molecule has 4 aliphatic rings. The molecule has 0 aromatic rings. The van der Waals surface area contributed by atoms with E-state index in [1.165, 1.54) is 31.3 Å². The maximum absolute atomic E-state index is 10.2. The molecule has 3 aliphatic carbocycles. The Morgan fingerprint density at radius 2 is 1.97 bits per heavy atom. The molecule has 7 atom stereocenters. The number of aliphatic hydroxyl groups is 3. The average molecular weight is 431 g/mol. The maximum atomic E-state index is 10.2. The summed E-state index contributed by atoms with van der Waals surface area (Å²) in [5.74, 6) is 1.65. The lowest BCUT2D eigenvalue weighted by molar-refractivity contribution is -0.00224. The minimum atomic E-state index is -0.628. The summed E-state index contributed by atoms with van der Waals surface area (Å²) in [5, 5.41) is 30.4. The standard InChI is InChI=1S/C27H42O4/c1-17-20(13-21(28)14-24(17)29)8-7-19-6-5-11-27(4)22(19)9-10-23(27)25-12-18(16-31-25)15-26(2,3)30/h7-8,18,21-25,28-30H,1,5-6,9-16H2,2-4H3/b19-7+,20-8-/t18-,21+,22-,23+,24-,25-,27-/m0/s1. The highest BCUT2D eigenvalue weighted by Gasteiger charge is 2.53. The van der Waals surface area contributed by atoms with Crippen molar-refractivity contribution in [2.75, 3.05) is 6.61 Å². The van der Waals surface area contributed by atoms with Gasteiger partial charge in [-0.15, -0.1) is 0 Å². The summed E-state index contributed by atoms with van der Waals surface area (Å²) in [7, 11) is 0. The molecule has 3 N–H and O–H groups in total. The molecular weight excluding hydrogens is 388 g/mol. The fraction of sp³-hybridized carbons (Fsp3) is 0.778. The highest BCUT2D eigenvalue weighted by molar-refractivity contribution is 5.38. The number of rotatable bonds is 4. The van der Waals surface area contributed by atoms with Crippen LogP contribution in [0.3, 0.4) is 0 Å². The second-order valence-electron chi connectivity index (χ2n) is 11.7. The van der Waals surface area contributed by atoms with E-state index < -0.39 is 17.8 Å². The molecule has 1 aliphatic heterocycles. The Hall–Kier alpha value is -0.940. The summed E-state index contributed by atoms with van der Waals surface area (Å²) < 4.78 is 6.33. The predicted octanol–water partition coefficient (Wildman–Crippen LogP) is 4.69. The van der Waals surface area contributed by atoms with Crippen LogP contribution in [-0.2, 0) is 4.74 Å². The molecule has 0 aromatic heterocycles. The normalized spacial score (nSPS) is 44.3. The van der Waals surface area contributed by atoms with Crippen LogP contribution in [0.1, 0.15) is 78.6 Å². The summed E-state index contributed by atoms with van der Waals surface area (Å²) in [6.07, 6.45) is 12.5. The molecule has 1 saturated heterocycles. The Kier molecular flexibility index (Phi) is 6.58. The fourth-order valence-corrected chi connectivity index (χ4v) is 7.21. The van der Waals surface area contributed by atoms with E-state index in [1.54, 1.807) is 0 Å². The second kappa shape index (κ2) is 8.78. The first-order chi connectivity index (χ1) is 14.6. The smallest absolute Gasteiger partial charge is 0.0811 e. The Morgan fingerprint density at radius 1 is 1.19 bits per heavy atom. The first kappa shape index (κ1) is 23.2. The largest absolute Gasteiger partial charge is 0.393 e. The third kappa shape index (κ3) is 4.88. The van der Waals surface area contributed by atoms with Gasteiger partial charge in [0, 0.05) is 13.0 Å². The van der Waals surface area contributed by atoms with Crippen LogP contribution in [0.15, 0.2) is 35.5 Å². The molecule has 4 nitrogen and oxygen atoms in total. The third-order valence-corrected chi connectivity index (χ3v) is 8.65. The Bertz CT molecular complexity index is 745. The van der Waals surface area contributed by atoms with E-state index in [2.05, 4.69) is 25.7 Å². The van der Waals surface area contributed by atoms with Gasteiger partial charge in [0.15, 0.2) is 0 Å². The van der Waals surface area contributed by atoms with Gasteiger partial charge < -0.3 is 20.1 Å². The lowest BCUT2D eigenvalue weighted by Crippen LogP contribution is -2.38. The molecule has 1 heterocycles. The summed E-state index contributed by atoms with van der Waals surface area (Å²) in [5.41, 5.74) is 2.94. The molecule has 4 fully saturated rings. The van der Waals surface area contributed by atoms with E-state index in [9.17, 15) is 15.3 Å². The van der Waals surface area contributed by atoms with Gasteiger partial charge in [0.1, 0.15) is 0 Å². The van der Waals surface area contributed by atoms with Gasteiger partial charge in [-0.05, 0) is 99.5 Å². The zero-order chi connectivity index (χ0) is 22.4. The highest BCUT2D eigenvalue weighted by atomic mass is 16.5. The SMILES string of the molecule is C=C1/C(=C\C=C2/CCC[C@]3(C)[C@@H]([C@@H]4C[C@@H](CC(C)(C)O)CO4)CC[C@@H]23)C[C@@H](O)C[C@@H]1O. The second-order valence-corrected chi connectivity index (χ2v) is 11.7. The summed E-state index contributed by atoms with van der Waals surface area (Å²) >= 11 is 0. The quantitative estimate of drug-likeness (QED) is 0.605. The van der Waals surface area contributed by atoms with Crippen LogP contribution < -0.4 is 0 Å². The van der Waals surface area contributed by atoms with E-state index in [4.69, 9.17) is 4.74 Å². The van der Waals surface area contributed by atoms with Crippen molar-refractivity contribution in [3.8, 4) is 0 Å². The molecule has 0 radical (unpaired) electrons. The zero-order valence-electron chi connectivity index (χ0n) is 19.6. The topological polar surface area (TPSA) is 69.9 Å². The van der Waals surface area contributed by atoms with Crippen LogP contribution >= 0.6 is 0 Å². The summed E-state index contributed by atoms with van der Waals surface area (Å²) in [6.45, 7) is 11.1.